The number of hydrogen-bond acceptors (Lipinski definition) is 4. The van der Waals surface area contributed by atoms with Crippen LogP contribution in [-0.2, 0) is 12.6 Å². The number of nitrogens with one attached hydrogen (secondary N) is 1. The summed E-state index contributed by atoms with van der Waals surface area (Å²) in [4.78, 5) is 4.13. The molecular weight excluding hydrogens is 263 g/mol. The number of rotatable bonds is 3. The Kier molecular flexibility index (Phi) is 3.51. The van der Waals surface area contributed by atoms with Gasteiger partial charge in [0.05, 0.1) is 5.56 Å². The molecule has 0 radical (unpaired) electrons. The number of hydrogen-bond donors (Lipinski definition) is 1. The Balaban J connectivity index is 2.19. The van der Waals surface area contributed by atoms with Crippen LogP contribution in [0.4, 0.5) is 18.3 Å². The van der Waals surface area contributed by atoms with Crippen molar-refractivity contribution in [2.75, 3.05) is 12.4 Å². The van der Waals surface area contributed by atoms with Gasteiger partial charge in [-0.1, -0.05) is 18.2 Å². The maximum absolute atomic E-state index is 12.5. The van der Waals surface area contributed by atoms with Crippen molar-refractivity contribution in [1.29, 1.82) is 0 Å². The maximum atomic E-state index is 12.5. The smallest absolute Gasteiger partial charge is 0.363 e. The van der Waals surface area contributed by atoms with Gasteiger partial charge in [0.1, 0.15) is 5.82 Å². The van der Waals surface area contributed by atoms with Crippen molar-refractivity contribution in [2.45, 2.75) is 12.6 Å². The molecule has 1 aromatic heterocycles. The molecule has 0 spiro atoms. The second kappa shape index (κ2) is 4.93. The molecule has 0 fully saturated rings. The lowest BCUT2D eigenvalue weighted by atomic mass is 10.1. The Morgan fingerprint density at radius 1 is 1.33 bits per heavy atom. The summed E-state index contributed by atoms with van der Waals surface area (Å²) in [6.45, 7) is 0. The third-order valence-corrected chi connectivity index (χ3v) is 3.07. The Hall–Kier alpha value is -1.63. The number of nitrogens with zero attached hydrogens (tertiary/aromatic N) is 2. The monoisotopic (exact) mass is 273 g/mol. The zero-order valence-corrected chi connectivity index (χ0v) is 10.3. The standard InChI is InChI=1S/C11H10F3N3S/c1-15-10-16-9(17-18-10)6-7-3-2-4-8(5-7)11(12,13)14/h2-5H,6H2,1H3,(H,15,16,17). The van der Waals surface area contributed by atoms with Crippen LogP contribution >= 0.6 is 11.5 Å². The first-order chi connectivity index (χ1) is 8.49. The third-order valence-electron chi connectivity index (χ3n) is 2.30. The van der Waals surface area contributed by atoms with Crippen molar-refractivity contribution in [1.82, 2.24) is 9.36 Å². The Bertz CT molecular complexity index is 536. The van der Waals surface area contributed by atoms with Crippen LogP contribution in [0.5, 0.6) is 0 Å². The van der Waals surface area contributed by atoms with Gasteiger partial charge in [0.15, 0.2) is 0 Å². The molecular formula is C11H10F3N3S. The van der Waals surface area contributed by atoms with Crippen molar-refractivity contribution in [3.8, 4) is 0 Å². The summed E-state index contributed by atoms with van der Waals surface area (Å²) >= 11 is 1.18. The van der Waals surface area contributed by atoms with E-state index in [2.05, 4.69) is 14.7 Å². The van der Waals surface area contributed by atoms with E-state index in [0.717, 1.165) is 12.1 Å². The minimum atomic E-state index is -4.32. The second-order valence-electron chi connectivity index (χ2n) is 3.64. The summed E-state index contributed by atoms with van der Waals surface area (Å²) in [5.74, 6) is 0.517. The van der Waals surface area contributed by atoms with E-state index in [1.807, 2.05) is 0 Å². The summed E-state index contributed by atoms with van der Waals surface area (Å²) < 4.78 is 41.6. The third kappa shape index (κ3) is 2.98. The topological polar surface area (TPSA) is 37.8 Å². The number of aromatic nitrogens is 2. The van der Waals surface area contributed by atoms with E-state index >= 15 is 0 Å². The molecule has 0 amide bonds. The summed E-state index contributed by atoms with van der Waals surface area (Å²) in [6, 6.07) is 5.20. The van der Waals surface area contributed by atoms with Crippen LogP contribution < -0.4 is 5.32 Å². The molecule has 96 valence electrons. The fraction of sp³-hybridized carbons (Fsp3) is 0.273. The molecule has 1 heterocycles. The highest BCUT2D eigenvalue weighted by Gasteiger charge is 2.30. The van der Waals surface area contributed by atoms with Gasteiger partial charge in [0.25, 0.3) is 0 Å². The molecule has 1 aromatic carbocycles. The van der Waals surface area contributed by atoms with Gasteiger partial charge < -0.3 is 5.32 Å². The fourth-order valence-electron chi connectivity index (χ4n) is 1.47. The molecule has 7 heteroatoms. The van der Waals surface area contributed by atoms with Crippen LogP contribution in [-0.4, -0.2) is 16.4 Å². The van der Waals surface area contributed by atoms with Crippen molar-refractivity contribution in [3.63, 3.8) is 0 Å². The van der Waals surface area contributed by atoms with Crippen molar-refractivity contribution >= 4 is 16.7 Å². The minimum absolute atomic E-state index is 0.294. The van der Waals surface area contributed by atoms with E-state index in [-0.39, 0.29) is 0 Å². The molecule has 0 bridgehead atoms. The van der Waals surface area contributed by atoms with E-state index in [1.165, 1.54) is 17.6 Å². The van der Waals surface area contributed by atoms with Crippen LogP contribution in [0.1, 0.15) is 17.0 Å². The van der Waals surface area contributed by atoms with Crippen LogP contribution in [0.15, 0.2) is 24.3 Å². The van der Waals surface area contributed by atoms with Crippen LogP contribution in [0.25, 0.3) is 0 Å². The lowest BCUT2D eigenvalue weighted by Gasteiger charge is -2.07. The molecule has 2 aromatic rings. The van der Waals surface area contributed by atoms with E-state index in [4.69, 9.17) is 0 Å². The molecule has 1 N–H and O–H groups in total. The lowest BCUT2D eigenvalue weighted by molar-refractivity contribution is -0.137. The van der Waals surface area contributed by atoms with Gasteiger partial charge in [0, 0.05) is 25.0 Å². The number of anilines is 1. The predicted octanol–water partition coefficient (Wildman–Crippen LogP) is 3.19. The number of alkyl halides is 3. The van der Waals surface area contributed by atoms with Gasteiger partial charge in [-0.3, -0.25) is 0 Å². The number of benzene rings is 1. The molecule has 0 saturated heterocycles. The Labute approximate surface area is 106 Å². The molecule has 0 saturated carbocycles. The van der Waals surface area contributed by atoms with Gasteiger partial charge in [-0.05, 0) is 11.6 Å². The van der Waals surface area contributed by atoms with Crippen molar-refractivity contribution in [2.24, 2.45) is 0 Å². The first-order valence-corrected chi connectivity index (χ1v) is 5.93. The summed E-state index contributed by atoms with van der Waals surface area (Å²) in [5.41, 5.74) is -0.102. The van der Waals surface area contributed by atoms with E-state index in [9.17, 15) is 13.2 Å². The largest absolute Gasteiger partial charge is 0.416 e. The molecule has 0 unspecified atom stereocenters. The predicted molar refractivity (Wildman–Crippen MR) is 63.7 cm³/mol. The zero-order valence-electron chi connectivity index (χ0n) is 9.45. The first-order valence-electron chi connectivity index (χ1n) is 5.15. The molecule has 18 heavy (non-hydrogen) atoms. The summed E-state index contributed by atoms with van der Waals surface area (Å²) in [5, 5.41) is 3.48. The highest BCUT2D eigenvalue weighted by atomic mass is 32.1. The van der Waals surface area contributed by atoms with Crippen LogP contribution in [0.2, 0.25) is 0 Å². The molecule has 2 rings (SSSR count). The van der Waals surface area contributed by atoms with Gasteiger partial charge in [0.2, 0.25) is 5.13 Å². The lowest BCUT2D eigenvalue weighted by Crippen LogP contribution is -2.05. The average molecular weight is 273 g/mol. The normalized spacial score (nSPS) is 11.6. The van der Waals surface area contributed by atoms with Gasteiger partial charge in [-0.2, -0.15) is 17.5 Å². The average Bonchev–Trinajstić information content (AvgIpc) is 2.76. The molecule has 0 aliphatic carbocycles. The van der Waals surface area contributed by atoms with E-state index in [0.29, 0.717) is 22.9 Å². The second-order valence-corrected chi connectivity index (χ2v) is 4.39. The Morgan fingerprint density at radius 3 is 2.72 bits per heavy atom. The van der Waals surface area contributed by atoms with Crippen molar-refractivity contribution < 1.29 is 13.2 Å². The minimum Gasteiger partial charge on any atom is -0.363 e. The van der Waals surface area contributed by atoms with E-state index < -0.39 is 11.7 Å². The molecule has 0 aliphatic rings. The summed E-state index contributed by atoms with van der Waals surface area (Å²) in [7, 11) is 1.72. The van der Waals surface area contributed by atoms with Crippen LogP contribution in [0.3, 0.4) is 0 Å². The Morgan fingerprint density at radius 2 is 2.11 bits per heavy atom. The number of halogens is 3. The molecule has 3 nitrogen and oxygen atoms in total. The highest BCUT2D eigenvalue weighted by Crippen LogP contribution is 2.29. The van der Waals surface area contributed by atoms with Gasteiger partial charge >= 0.3 is 6.18 Å². The van der Waals surface area contributed by atoms with Crippen molar-refractivity contribution in [3.05, 3.63) is 41.2 Å². The van der Waals surface area contributed by atoms with Crippen LogP contribution in [0, 0.1) is 0 Å². The van der Waals surface area contributed by atoms with E-state index in [1.54, 1.807) is 13.1 Å². The van der Waals surface area contributed by atoms with Gasteiger partial charge in [-0.15, -0.1) is 0 Å². The summed E-state index contributed by atoms with van der Waals surface area (Å²) in [6.07, 6.45) is -4.02. The maximum Gasteiger partial charge on any atom is 0.416 e. The zero-order chi connectivity index (χ0) is 13.2. The highest BCUT2D eigenvalue weighted by molar-refractivity contribution is 7.09. The molecule has 0 aliphatic heterocycles. The SMILES string of the molecule is CNc1nc(Cc2cccc(C(F)(F)F)c2)ns1. The molecule has 0 atom stereocenters. The van der Waals surface area contributed by atoms with Gasteiger partial charge in [-0.25, -0.2) is 4.98 Å². The fourth-order valence-corrected chi connectivity index (χ4v) is 2.00. The first kappa shape index (κ1) is 12.8. The quantitative estimate of drug-likeness (QED) is 0.933.